The molecule has 1 heterocycles. The van der Waals surface area contributed by atoms with E-state index in [4.69, 9.17) is 10.5 Å². The molecule has 2 aromatic carbocycles. The number of benzene rings is 2. The Morgan fingerprint density at radius 3 is 2.71 bits per heavy atom. The first-order valence-electron chi connectivity index (χ1n) is 6.56. The summed E-state index contributed by atoms with van der Waals surface area (Å²) >= 11 is 0. The number of aromatic nitrogens is 1. The number of anilines is 1. The maximum atomic E-state index is 11.5. The Balaban J connectivity index is 1.94. The van der Waals surface area contributed by atoms with Crippen LogP contribution in [0.4, 0.5) is 5.69 Å². The average Bonchev–Trinajstić information content (AvgIpc) is 2.49. The minimum absolute atomic E-state index is 0.0883. The van der Waals surface area contributed by atoms with E-state index < -0.39 is 0 Å². The number of hydrogen-bond acceptors (Lipinski definition) is 4. The van der Waals surface area contributed by atoms with E-state index in [1.54, 1.807) is 24.4 Å². The summed E-state index contributed by atoms with van der Waals surface area (Å²) in [4.78, 5) is 15.8. The molecular weight excluding hydrogens is 264 g/mol. The van der Waals surface area contributed by atoms with Gasteiger partial charge in [0.1, 0.15) is 11.5 Å². The fourth-order valence-electron chi connectivity index (χ4n) is 2.15. The van der Waals surface area contributed by atoms with Gasteiger partial charge >= 0.3 is 0 Å². The van der Waals surface area contributed by atoms with Gasteiger partial charge in [0.05, 0.1) is 11.7 Å². The number of hydrogen-bond donors (Lipinski definition) is 1. The summed E-state index contributed by atoms with van der Waals surface area (Å²) < 4.78 is 5.76. The van der Waals surface area contributed by atoms with Crippen LogP contribution in [0.1, 0.15) is 17.3 Å². The Bertz CT molecular complexity index is 828. The number of nitrogens with two attached hydrogens (primary N) is 1. The fourth-order valence-corrected chi connectivity index (χ4v) is 2.15. The van der Waals surface area contributed by atoms with Gasteiger partial charge in [-0.2, -0.15) is 0 Å². The van der Waals surface area contributed by atoms with Gasteiger partial charge in [0.25, 0.3) is 0 Å². The third kappa shape index (κ3) is 2.69. The van der Waals surface area contributed by atoms with Gasteiger partial charge < -0.3 is 10.5 Å². The molecule has 0 saturated heterocycles. The summed E-state index contributed by atoms with van der Waals surface area (Å²) in [6.45, 7) is 1.48. The highest BCUT2D eigenvalue weighted by atomic mass is 16.5. The Hall–Kier alpha value is -2.88. The van der Waals surface area contributed by atoms with Crippen LogP contribution in [0.15, 0.2) is 54.7 Å². The van der Waals surface area contributed by atoms with Crippen LogP contribution in [0.2, 0.25) is 0 Å². The molecule has 0 atom stereocenters. The van der Waals surface area contributed by atoms with Gasteiger partial charge in [-0.1, -0.05) is 18.2 Å². The van der Waals surface area contributed by atoms with Crippen molar-refractivity contribution < 1.29 is 9.53 Å². The standard InChI is InChI=1S/C17H14N2O2/c1-11(20)15-9-13(6-7-16(15)18)21-14-8-12-4-2-3-5-17(12)19-10-14/h2-10H,18H2,1H3. The topological polar surface area (TPSA) is 65.2 Å². The number of carbonyl (C=O) groups is 1. The van der Waals surface area contributed by atoms with Crippen LogP contribution < -0.4 is 10.5 Å². The van der Waals surface area contributed by atoms with E-state index in [0.29, 0.717) is 22.7 Å². The fraction of sp³-hybridized carbons (Fsp3) is 0.0588. The number of para-hydroxylation sites is 1. The molecule has 2 N–H and O–H groups in total. The average molecular weight is 278 g/mol. The van der Waals surface area contributed by atoms with Gasteiger partial charge in [-0.15, -0.1) is 0 Å². The minimum atomic E-state index is -0.0883. The zero-order valence-electron chi connectivity index (χ0n) is 11.5. The van der Waals surface area contributed by atoms with Crippen LogP contribution in [-0.2, 0) is 0 Å². The first-order chi connectivity index (χ1) is 10.1. The highest BCUT2D eigenvalue weighted by Gasteiger charge is 2.07. The molecule has 0 aliphatic rings. The number of nitrogen functional groups attached to an aromatic ring is 1. The van der Waals surface area contributed by atoms with Crippen LogP contribution in [0.3, 0.4) is 0 Å². The van der Waals surface area contributed by atoms with E-state index in [-0.39, 0.29) is 5.78 Å². The third-order valence-electron chi connectivity index (χ3n) is 3.21. The second-order valence-electron chi connectivity index (χ2n) is 4.77. The molecular formula is C17H14N2O2. The van der Waals surface area contributed by atoms with E-state index in [9.17, 15) is 4.79 Å². The molecule has 3 aromatic rings. The van der Waals surface area contributed by atoms with Crippen molar-refractivity contribution in [2.45, 2.75) is 6.92 Å². The molecule has 4 heteroatoms. The monoisotopic (exact) mass is 278 g/mol. The molecule has 0 aliphatic heterocycles. The van der Waals surface area contributed by atoms with Crippen molar-refractivity contribution in [1.29, 1.82) is 0 Å². The van der Waals surface area contributed by atoms with E-state index in [1.807, 2.05) is 30.3 Å². The number of ether oxygens (including phenoxy) is 1. The van der Waals surface area contributed by atoms with Gasteiger partial charge in [-0.05, 0) is 37.3 Å². The van der Waals surface area contributed by atoms with E-state index in [1.165, 1.54) is 6.92 Å². The first kappa shape index (κ1) is 13.1. The lowest BCUT2D eigenvalue weighted by Crippen LogP contribution is -1.99. The quantitative estimate of drug-likeness (QED) is 0.584. The number of fused-ring (bicyclic) bond motifs is 1. The lowest BCUT2D eigenvalue weighted by molar-refractivity contribution is 0.101. The molecule has 3 rings (SSSR count). The Kier molecular flexibility index (Phi) is 3.28. The molecule has 0 fully saturated rings. The predicted molar refractivity (Wildman–Crippen MR) is 82.7 cm³/mol. The highest BCUT2D eigenvalue weighted by Crippen LogP contribution is 2.27. The van der Waals surface area contributed by atoms with Crippen LogP contribution in [-0.4, -0.2) is 10.8 Å². The molecule has 0 amide bonds. The molecule has 0 spiro atoms. The van der Waals surface area contributed by atoms with Crippen LogP contribution in [0, 0.1) is 0 Å². The van der Waals surface area contributed by atoms with Crippen LogP contribution >= 0.6 is 0 Å². The Labute approximate surface area is 122 Å². The molecule has 21 heavy (non-hydrogen) atoms. The second kappa shape index (κ2) is 5.25. The molecule has 0 unspecified atom stereocenters. The summed E-state index contributed by atoms with van der Waals surface area (Å²) in [6, 6.07) is 14.8. The van der Waals surface area contributed by atoms with Crippen LogP contribution in [0.5, 0.6) is 11.5 Å². The van der Waals surface area contributed by atoms with Crippen molar-refractivity contribution in [1.82, 2.24) is 4.98 Å². The maximum absolute atomic E-state index is 11.5. The van der Waals surface area contributed by atoms with Gasteiger partial charge in [-0.3, -0.25) is 9.78 Å². The molecule has 0 radical (unpaired) electrons. The van der Waals surface area contributed by atoms with Crippen molar-refractivity contribution in [3.05, 3.63) is 60.3 Å². The van der Waals surface area contributed by atoms with E-state index >= 15 is 0 Å². The zero-order valence-corrected chi connectivity index (χ0v) is 11.5. The summed E-state index contributed by atoms with van der Waals surface area (Å²) in [5.41, 5.74) is 7.59. The zero-order chi connectivity index (χ0) is 14.8. The molecule has 0 saturated carbocycles. The number of nitrogens with zero attached hydrogens (tertiary/aromatic N) is 1. The number of rotatable bonds is 3. The number of ketones is 1. The van der Waals surface area contributed by atoms with Crippen molar-refractivity contribution >= 4 is 22.4 Å². The molecule has 0 bridgehead atoms. The third-order valence-corrected chi connectivity index (χ3v) is 3.21. The van der Waals surface area contributed by atoms with E-state index in [0.717, 1.165) is 10.9 Å². The summed E-state index contributed by atoms with van der Waals surface area (Å²) in [5.74, 6) is 1.09. The normalized spacial score (nSPS) is 10.5. The molecule has 1 aromatic heterocycles. The minimum Gasteiger partial charge on any atom is -0.456 e. The SMILES string of the molecule is CC(=O)c1cc(Oc2cnc3ccccc3c2)ccc1N. The van der Waals surface area contributed by atoms with Gasteiger partial charge in [0, 0.05) is 16.6 Å². The Morgan fingerprint density at radius 2 is 1.90 bits per heavy atom. The van der Waals surface area contributed by atoms with Gasteiger partial charge in [0.15, 0.2) is 5.78 Å². The van der Waals surface area contributed by atoms with Crippen molar-refractivity contribution in [3.63, 3.8) is 0 Å². The first-order valence-corrected chi connectivity index (χ1v) is 6.56. The largest absolute Gasteiger partial charge is 0.456 e. The number of Topliss-reactive ketones (excluding diaryl/α,β-unsaturated/α-hetero) is 1. The number of pyridine rings is 1. The maximum Gasteiger partial charge on any atom is 0.162 e. The molecule has 4 nitrogen and oxygen atoms in total. The van der Waals surface area contributed by atoms with Crippen molar-refractivity contribution in [2.75, 3.05) is 5.73 Å². The van der Waals surface area contributed by atoms with E-state index in [2.05, 4.69) is 4.98 Å². The molecule has 0 aliphatic carbocycles. The summed E-state index contributed by atoms with van der Waals surface area (Å²) in [6.07, 6.45) is 1.66. The highest BCUT2D eigenvalue weighted by molar-refractivity contribution is 5.99. The lowest BCUT2D eigenvalue weighted by atomic mass is 10.1. The predicted octanol–water partition coefficient (Wildman–Crippen LogP) is 3.81. The van der Waals surface area contributed by atoms with Crippen LogP contribution in [0.25, 0.3) is 10.9 Å². The van der Waals surface area contributed by atoms with Gasteiger partial charge in [-0.25, -0.2) is 0 Å². The summed E-state index contributed by atoms with van der Waals surface area (Å²) in [7, 11) is 0. The molecule has 104 valence electrons. The van der Waals surface area contributed by atoms with Crippen molar-refractivity contribution in [2.24, 2.45) is 0 Å². The lowest BCUT2D eigenvalue weighted by Gasteiger charge is -2.09. The Morgan fingerprint density at radius 1 is 1.10 bits per heavy atom. The smallest absolute Gasteiger partial charge is 0.162 e. The van der Waals surface area contributed by atoms with Crippen molar-refractivity contribution in [3.8, 4) is 11.5 Å². The summed E-state index contributed by atoms with van der Waals surface area (Å²) in [5, 5.41) is 0.997. The van der Waals surface area contributed by atoms with Gasteiger partial charge in [0.2, 0.25) is 0 Å². The second-order valence-corrected chi connectivity index (χ2v) is 4.77. The number of carbonyl (C=O) groups excluding carboxylic acids is 1.